The Balaban J connectivity index is 3.63. The minimum absolute atomic E-state index is 0.238. The van der Waals surface area contributed by atoms with Gasteiger partial charge in [-0.3, -0.25) is 0 Å². The smallest absolute Gasteiger partial charge is 0.0977 e. The van der Waals surface area contributed by atoms with Crippen molar-refractivity contribution in [1.29, 1.82) is 5.26 Å². The standard InChI is InChI=1S/C4H4ClNS/c1-3(2-6)4(5)7/h3H,1H3. The molecule has 0 rings (SSSR count). The van der Waals surface area contributed by atoms with Crippen LogP contribution < -0.4 is 0 Å². The largest absolute Gasteiger partial charge is 0.198 e. The topological polar surface area (TPSA) is 23.8 Å². The highest BCUT2D eigenvalue weighted by atomic mass is 35.5. The number of halogens is 1. The first-order valence-electron chi connectivity index (χ1n) is 1.77. The van der Waals surface area contributed by atoms with E-state index in [4.69, 9.17) is 16.9 Å². The van der Waals surface area contributed by atoms with Gasteiger partial charge in [0.05, 0.1) is 16.3 Å². The molecule has 0 saturated carbocycles. The molecule has 0 bridgehead atoms. The van der Waals surface area contributed by atoms with E-state index in [1.807, 2.05) is 6.07 Å². The van der Waals surface area contributed by atoms with Gasteiger partial charge < -0.3 is 0 Å². The summed E-state index contributed by atoms with van der Waals surface area (Å²) in [5, 5.41) is 8.08. The SMILES string of the molecule is CC(C#N)C(=S)Cl. The van der Waals surface area contributed by atoms with Crippen molar-refractivity contribution in [2.24, 2.45) is 5.92 Å². The zero-order chi connectivity index (χ0) is 5.86. The molecule has 0 aromatic heterocycles. The van der Waals surface area contributed by atoms with Crippen LogP contribution in [0.4, 0.5) is 0 Å². The molecule has 1 nitrogen and oxygen atoms in total. The average molecular weight is 134 g/mol. The summed E-state index contributed by atoms with van der Waals surface area (Å²) < 4.78 is 0.238. The fraction of sp³-hybridized carbons (Fsp3) is 0.500. The molecule has 1 atom stereocenters. The number of nitriles is 1. The van der Waals surface area contributed by atoms with Crippen LogP contribution in [0.3, 0.4) is 0 Å². The van der Waals surface area contributed by atoms with Gasteiger partial charge in [0.2, 0.25) is 0 Å². The van der Waals surface area contributed by atoms with Crippen molar-refractivity contribution in [3.05, 3.63) is 0 Å². The highest BCUT2D eigenvalue weighted by Crippen LogP contribution is 1.99. The van der Waals surface area contributed by atoms with Crippen molar-refractivity contribution in [1.82, 2.24) is 0 Å². The fourth-order valence-corrected chi connectivity index (χ4v) is 0.152. The minimum Gasteiger partial charge on any atom is -0.198 e. The van der Waals surface area contributed by atoms with Crippen LogP contribution in [0.1, 0.15) is 6.92 Å². The molecular weight excluding hydrogens is 130 g/mol. The van der Waals surface area contributed by atoms with Gasteiger partial charge in [-0.25, -0.2) is 0 Å². The summed E-state index contributed by atoms with van der Waals surface area (Å²) in [4.78, 5) is 0. The van der Waals surface area contributed by atoms with Gasteiger partial charge in [0.1, 0.15) is 0 Å². The van der Waals surface area contributed by atoms with E-state index >= 15 is 0 Å². The first-order valence-corrected chi connectivity index (χ1v) is 2.56. The maximum Gasteiger partial charge on any atom is 0.0977 e. The number of nitrogens with zero attached hydrogens (tertiary/aromatic N) is 1. The molecule has 0 amide bonds. The van der Waals surface area contributed by atoms with E-state index in [1.165, 1.54) is 0 Å². The molecule has 1 unspecified atom stereocenters. The lowest BCUT2D eigenvalue weighted by molar-refractivity contribution is 1.05. The minimum atomic E-state index is -0.295. The zero-order valence-corrected chi connectivity index (χ0v) is 5.38. The van der Waals surface area contributed by atoms with Gasteiger partial charge in [-0.05, 0) is 6.92 Å². The average Bonchev–Trinajstić information content (AvgIpc) is 1.65. The van der Waals surface area contributed by atoms with Gasteiger partial charge in [-0.1, -0.05) is 23.8 Å². The maximum absolute atomic E-state index is 8.08. The molecular formula is C4H4ClNS. The Hall–Kier alpha value is -0.130. The van der Waals surface area contributed by atoms with Crippen LogP contribution in [-0.4, -0.2) is 4.32 Å². The molecule has 0 fully saturated rings. The van der Waals surface area contributed by atoms with E-state index < -0.39 is 0 Å². The molecule has 0 spiro atoms. The van der Waals surface area contributed by atoms with Crippen LogP contribution >= 0.6 is 23.8 Å². The number of hydrogen-bond acceptors (Lipinski definition) is 2. The lowest BCUT2D eigenvalue weighted by Gasteiger charge is -1.89. The first kappa shape index (κ1) is 6.87. The molecule has 7 heavy (non-hydrogen) atoms. The van der Waals surface area contributed by atoms with Crippen LogP contribution in [0.5, 0.6) is 0 Å². The van der Waals surface area contributed by atoms with Gasteiger partial charge >= 0.3 is 0 Å². The monoisotopic (exact) mass is 133 g/mol. The summed E-state index contributed by atoms with van der Waals surface area (Å²) >= 11 is 9.70. The molecule has 0 heterocycles. The van der Waals surface area contributed by atoms with E-state index in [9.17, 15) is 0 Å². The zero-order valence-electron chi connectivity index (χ0n) is 3.81. The summed E-state index contributed by atoms with van der Waals surface area (Å²) in [6, 6.07) is 1.89. The molecule has 0 saturated heterocycles. The Labute approximate surface area is 52.9 Å². The second-order valence-electron chi connectivity index (χ2n) is 1.15. The molecule has 0 aromatic rings. The normalized spacial score (nSPS) is 12.1. The highest BCUT2D eigenvalue weighted by molar-refractivity contribution is 7.83. The number of hydrogen-bond donors (Lipinski definition) is 0. The van der Waals surface area contributed by atoms with Crippen molar-refractivity contribution < 1.29 is 0 Å². The van der Waals surface area contributed by atoms with Crippen molar-refractivity contribution in [3.63, 3.8) is 0 Å². The molecule has 0 aliphatic rings. The van der Waals surface area contributed by atoms with Gasteiger partial charge in [-0.15, -0.1) is 0 Å². The van der Waals surface area contributed by atoms with Gasteiger partial charge in [0.15, 0.2) is 0 Å². The molecule has 0 radical (unpaired) electrons. The predicted molar refractivity (Wildman–Crippen MR) is 33.2 cm³/mol. The molecule has 38 valence electrons. The van der Waals surface area contributed by atoms with Crippen LogP contribution in [0.15, 0.2) is 0 Å². The van der Waals surface area contributed by atoms with E-state index in [-0.39, 0.29) is 10.2 Å². The molecule has 0 aliphatic heterocycles. The quantitative estimate of drug-likeness (QED) is 0.402. The van der Waals surface area contributed by atoms with Crippen molar-refractivity contribution in [2.75, 3.05) is 0 Å². The Morgan fingerprint density at radius 3 is 2.43 bits per heavy atom. The van der Waals surface area contributed by atoms with Crippen molar-refractivity contribution in [3.8, 4) is 6.07 Å². The molecule has 3 heteroatoms. The Bertz CT molecular complexity index is 115. The Kier molecular flexibility index (Phi) is 2.89. The summed E-state index contributed by atoms with van der Waals surface area (Å²) in [7, 11) is 0. The Morgan fingerprint density at radius 2 is 2.43 bits per heavy atom. The molecule has 0 N–H and O–H groups in total. The van der Waals surface area contributed by atoms with Crippen LogP contribution in [0.25, 0.3) is 0 Å². The summed E-state index contributed by atoms with van der Waals surface area (Å²) in [6.07, 6.45) is 0. The number of thiocarbonyl (C=S) groups is 1. The second-order valence-corrected chi connectivity index (χ2v) is 2.23. The van der Waals surface area contributed by atoms with E-state index in [0.29, 0.717) is 0 Å². The highest BCUT2D eigenvalue weighted by Gasteiger charge is 2.00. The maximum atomic E-state index is 8.08. The molecule has 0 aromatic carbocycles. The van der Waals surface area contributed by atoms with Crippen LogP contribution in [-0.2, 0) is 0 Å². The molecule has 0 aliphatic carbocycles. The lowest BCUT2D eigenvalue weighted by Crippen LogP contribution is -1.95. The third-order valence-corrected chi connectivity index (χ3v) is 1.21. The Morgan fingerprint density at radius 1 is 2.00 bits per heavy atom. The van der Waals surface area contributed by atoms with Crippen molar-refractivity contribution >= 4 is 28.1 Å². The fourth-order valence-electron chi connectivity index (χ4n) is 0.0507. The van der Waals surface area contributed by atoms with Gasteiger partial charge in [0, 0.05) is 0 Å². The summed E-state index contributed by atoms with van der Waals surface area (Å²) in [5.41, 5.74) is 0. The number of rotatable bonds is 1. The summed E-state index contributed by atoms with van der Waals surface area (Å²) in [5.74, 6) is -0.295. The van der Waals surface area contributed by atoms with Crippen LogP contribution in [0.2, 0.25) is 0 Å². The second kappa shape index (κ2) is 2.95. The van der Waals surface area contributed by atoms with E-state index in [1.54, 1.807) is 6.92 Å². The third kappa shape index (κ3) is 2.55. The van der Waals surface area contributed by atoms with Crippen LogP contribution in [0, 0.1) is 17.2 Å². The lowest BCUT2D eigenvalue weighted by atomic mass is 10.3. The van der Waals surface area contributed by atoms with E-state index in [2.05, 4.69) is 12.2 Å². The van der Waals surface area contributed by atoms with E-state index in [0.717, 1.165) is 0 Å². The summed E-state index contributed by atoms with van der Waals surface area (Å²) in [6.45, 7) is 1.66. The first-order chi connectivity index (χ1) is 3.18. The van der Waals surface area contributed by atoms with Crippen molar-refractivity contribution in [2.45, 2.75) is 6.92 Å². The third-order valence-electron chi connectivity index (χ3n) is 0.534. The van der Waals surface area contributed by atoms with Gasteiger partial charge in [0.25, 0.3) is 0 Å². The predicted octanol–water partition coefficient (Wildman–Crippen LogP) is 1.71. The van der Waals surface area contributed by atoms with Gasteiger partial charge in [-0.2, -0.15) is 5.26 Å².